The number of aromatic nitrogens is 1. The van der Waals surface area contributed by atoms with E-state index in [0.717, 1.165) is 10.9 Å². The van der Waals surface area contributed by atoms with E-state index in [4.69, 9.17) is 9.47 Å². The van der Waals surface area contributed by atoms with Gasteiger partial charge in [0.1, 0.15) is 16.9 Å². The molecule has 0 spiro atoms. The Labute approximate surface area is 185 Å². The van der Waals surface area contributed by atoms with Crippen LogP contribution >= 0.6 is 22.7 Å². The number of thiazole rings is 1. The van der Waals surface area contributed by atoms with Crippen LogP contribution in [0.3, 0.4) is 0 Å². The number of methoxy groups -OCH3 is 2. The molecule has 2 N–H and O–H groups in total. The number of thiophene rings is 1. The van der Waals surface area contributed by atoms with E-state index in [1.165, 1.54) is 43.0 Å². The zero-order valence-electron chi connectivity index (χ0n) is 16.7. The zero-order chi connectivity index (χ0) is 22.0. The molecule has 4 aromatic rings. The lowest BCUT2D eigenvalue weighted by molar-refractivity contribution is 0.0914. The van der Waals surface area contributed by atoms with Crippen LogP contribution in [-0.4, -0.2) is 36.8 Å². The zero-order valence-corrected chi connectivity index (χ0v) is 18.3. The maximum Gasteiger partial charge on any atom is 0.251 e. The number of hydrogen-bond acceptors (Lipinski definition) is 7. The minimum Gasteiger partial charge on any atom is -0.493 e. The highest BCUT2D eigenvalue weighted by molar-refractivity contribution is 7.19. The molecule has 9 heteroatoms. The van der Waals surface area contributed by atoms with Gasteiger partial charge in [0.05, 0.1) is 24.6 Å². The predicted molar refractivity (Wildman–Crippen MR) is 120 cm³/mol. The molecule has 2 aromatic carbocycles. The molecule has 0 saturated carbocycles. The molecular formula is C22H19FN2O4S2. The van der Waals surface area contributed by atoms with Gasteiger partial charge in [-0.05, 0) is 24.3 Å². The van der Waals surface area contributed by atoms with Gasteiger partial charge >= 0.3 is 0 Å². The smallest absolute Gasteiger partial charge is 0.251 e. The third kappa shape index (κ3) is 4.25. The first-order valence-corrected chi connectivity index (χ1v) is 11.1. The molecule has 0 fully saturated rings. The summed E-state index contributed by atoms with van der Waals surface area (Å²) in [5.41, 5.74) is 1.66. The summed E-state index contributed by atoms with van der Waals surface area (Å²) in [5, 5.41) is 18.3. The first-order valence-electron chi connectivity index (χ1n) is 9.31. The molecule has 1 atom stereocenters. The summed E-state index contributed by atoms with van der Waals surface area (Å²) in [5.74, 6) is 0.354. The van der Waals surface area contributed by atoms with Gasteiger partial charge in [-0.3, -0.25) is 4.79 Å². The van der Waals surface area contributed by atoms with Gasteiger partial charge in [-0.15, -0.1) is 22.7 Å². The number of halogens is 1. The molecule has 1 unspecified atom stereocenters. The Morgan fingerprint density at radius 1 is 1.16 bits per heavy atom. The van der Waals surface area contributed by atoms with Crippen LogP contribution in [-0.2, 0) is 0 Å². The van der Waals surface area contributed by atoms with Crippen LogP contribution in [0.5, 0.6) is 11.5 Å². The standard InChI is InChI=1S/C22H19FN2O4S2/c1-28-18-7-6-12(8-19(18)29-2)21(27)24-9-17(26)16-11-31-22(25-16)14-10-30-20-13(14)4-3-5-15(20)23/h3-8,10-11,17,26H,9H2,1-2H3,(H,24,27). The number of benzene rings is 2. The molecule has 0 aliphatic rings. The lowest BCUT2D eigenvalue weighted by atomic mass is 10.1. The van der Waals surface area contributed by atoms with E-state index in [1.807, 2.05) is 11.4 Å². The molecule has 0 saturated heterocycles. The Balaban J connectivity index is 1.45. The van der Waals surface area contributed by atoms with Crippen molar-refractivity contribution in [3.63, 3.8) is 0 Å². The third-order valence-corrected chi connectivity index (χ3v) is 6.65. The van der Waals surface area contributed by atoms with Crippen molar-refractivity contribution in [2.45, 2.75) is 6.10 Å². The van der Waals surface area contributed by atoms with Gasteiger partial charge in [0.2, 0.25) is 0 Å². The Kier molecular flexibility index (Phi) is 6.17. The number of aliphatic hydroxyl groups is 1. The van der Waals surface area contributed by atoms with Gasteiger partial charge in [0, 0.05) is 33.8 Å². The molecular weight excluding hydrogens is 439 g/mol. The van der Waals surface area contributed by atoms with Gasteiger partial charge in [-0.1, -0.05) is 12.1 Å². The minimum absolute atomic E-state index is 0.00460. The van der Waals surface area contributed by atoms with Gasteiger partial charge in [-0.25, -0.2) is 9.37 Å². The van der Waals surface area contributed by atoms with E-state index in [9.17, 15) is 14.3 Å². The fourth-order valence-electron chi connectivity index (χ4n) is 3.12. The molecule has 4 rings (SSSR count). The minimum atomic E-state index is -0.976. The molecule has 6 nitrogen and oxygen atoms in total. The number of carbonyl (C=O) groups is 1. The number of rotatable bonds is 7. The van der Waals surface area contributed by atoms with E-state index in [2.05, 4.69) is 10.3 Å². The fraction of sp³-hybridized carbons (Fsp3) is 0.182. The monoisotopic (exact) mass is 458 g/mol. The molecule has 2 heterocycles. The summed E-state index contributed by atoms with van der Waals surface area (Å²) in [6.07, 6.45) is -0.976. The summed E-state index contributed by atoms with van der Waals surface area (Å²) in [7, 11) is 3.01. The predicted octanol–water partition coefficient (Wildman–Crippen LogP) is 4.64. The molecule has 0 aliphatic heterocycles. The van der Waals surface area contributed by atoms with Crippen LogP contribution in [0.25, 0.3) is 20.7 Å². The lowest BCUT2D eigenvalue weighted by Gasteiger charge is -2.12. The highest BCUT2D eigenvalue weighted by Gasteiger charge is 2.18. The highest BCUT2D eigenvalue weighted by Crippen LogP contribution is 2.37. The van der Waals surface area contributed by atoms with Crippen molar-refractivity contribution in [1.29, 1.82) is 0 Å². The maximum atomic E-state index is 14.0. The fourth-order valence-corrected chi connectivity index (χ4v) is 5.05. The van der Waals surface area contributed by atoms with E-state index in [1.54, 1.807) is 29.6 Å². The molecule has 0 bridgehead atoms. The number of nitrogens with zero attached hydrogens (tertiary/aromatic N) is 1. The Bertz CT molecular complexity index is 1240. The second-order valence-corrected chi connectivity index (χ2v) is 8.38. The van der Waals surface area contributed by atoms with Crippen molar-refractivity contribution < 1.29 is 23.8 Å². The molecule has 160 valence electrons. The van der Waals surface area contributed by atoms with E-state index < -0.39 is 6.10 Å². The van der Waals surface area contributed by atoms with Crippen molar-refractivity contribution in [2.75, 3.05) is 20.8 Å². The second-order valence-electron chi connectivity index (χ2n) is 6.64. The van der Waals surface area contributed by atoms with Crippen molar-refractivity contribution >= 4 is 38.7 Å². The number of carbonyl (C=O) groups excluding carboxylic acids is 1. The highest BCUT2D eigenvalue weighted by atomic mass is 32.1. The van der Waals surface area contributed by atoms with E-state index in [0.29, 0.717) is 32.5 Å². The van der Waals surface area contributed by atoms with Gasteiger partial charge < -0.3 is 19.9 Å². The Morgan fingerprint density at radius 2 is 1.97 bits per heavy atom. The Morgan fingerprint density at radius 3 is 2.74 bits per heavy atom. The largest absolute Gasteiger partial charge is 0.493 e. The number of amides is 1. The van der Waals surface area contributed by atoms with Crippen LogP contribution in [0, 0.1) is 5.82 Å². The number of hydrogen-bond donors (Lipinski definition) is 2. The van der Waals surface area contributed by atoms with Crippen LogP contribution in [0.15, 0.2) is 47.2 Å². The lowest BCUT2D eigenvalue weighted by Crippen LogP contribution is -2.28. The molecule has 1 amide bonds. The number of aliphatic hydroxyl groups excluding tert-OH is 1. The Hall–Kier alpha value is -3.01. The van der Waals surface area contributed by atoms with Crippen LogP contribution < -0.4 is 14.8 Å². The molecule has 0 aliphatic carbocycles. The molecule has 2 aromatic heterocycles. The average molecular weight is 459 g/mol. The first-order chi connectivity index (χ1) is 15.0. The average Bonchev–Trinajstić information content (AvgIpc) is 3.44. The van der Waals surface area contributed by atoms with Crippen molar-refractivity contribution in [3.05, 3.63) is 64.2 Å². The first kappa shape index (κ1) is 21.2. The summed E-state index contributed by atoms with van der Waals surface area (Å²) in [6.45, 7) is -0.00460. The normalized spacial score (nSPS) is 12.0. The quantitative estimate of drug-likeness (QED) is 0.422. The third-order valence-electron chi connectivity index (χ3n) is 4.75. The van der Waals surface area contributed by atoms with Crippen molar-refractivity contribution in [3.8, 4) is 22.1 Å². The SMILES string of the molecule is COc1ccc(C(=O)NCC(O)c2csc(-c3csc4c(F)cccc34)n2)cc1OC. The summed E-state index contributed by atoms with van der Waals surface area (Å²) in [4.78, 5) is 16.9. The van der Waals surface area contributed by atoms with Gasteiger partial charge in [-0.2, -0.15) is 0 Å². The molecule has 0 radical (unpaired) electrons. The number of nitrogens with one attached hydrogen (secondary N) is 1. The molecule has 31 heavy (non-hydrogen) atoms. The number of fused-ring (bicyclic) bond motifs is 1. The second kappa shape index (κ2) is 9.01. The van der Waals surface area contributed by atoms with E-state index >= 15 is 0 Å². The summed E-state index contributed by atoms with van der Waals surface area (Å²) >= 11 is 2.69. The van der Waals surface area contributed by atoms with Crippen LogP contribution in [0.4, 0.5) is 4.39 Å². The van der Waals surface area contributed by atoms with E-state index in [-0.39, 0.29) is 18.3 Å². The van der Waals surface area contributed by atoms with Crippen LogP contribution in [0.1, 0.15) is 22.2 Å². The summed E-state index contributed by atoms with van der Waals surface area (Å²) in [6, 6.07) is 9.78. The van der Waals surface area contributed by atoms with Gasteiger partial charge in [0.25, 0.3) is 5.91 Å². The maximum absolute atomic E-state index is 14.0. The number of ether oxygens (including phenoxy) is 2. The van der Waals surface area contributed by atoms with Crippen molar-refractivity contribution in [1.82, 2.24) is 10.3 Å². The van der Waals surface area contributed by atoms with Crippen molar-refractivity contribution in [2.24, 2.45) is 0 Å². The summed E-state index contributed by atoms with van der Waals surface area (Å²) < 4.78 is 24.9. The van der Waals surface area contributed by atoms with Gasteiger partial charge in [0.15, 0.2) is 11.5 Å². The topological polar surface area (TPSA) is 80.7 Å². The van der Waals surface area contributed by atoms with Crippen LogP contribution in [0.2, 0.25) is 0 Å².